The van der Waals surface area contributed by atoms with Gasteiger partial charge in [0.25, 0.3) is 5.91 Å². The molecule has 0 aromatic carbocycles. The summed E-state index contributed by atoms with van der Waals surface area (Å²) < 4.78 is 0.792. The Kier molecular flexibility index (Phi) is 3.53. The van der Waals surface area contributed by atoms with Crippen molar-refractivity contribution in [1.29, 1.82) is 0 Å². The Labute approximate surface area is 107 Å². The van der Waals surface area contributed by atoms with Crippen molar-refractivity contribution in [2.24, 2.45) is 0 Å². The maximum Gasteiger partial charge on any atom is 0.255 e. The highest BCUT2D eigenvalue weighted by Gasteiger charge is 2.12. The molecule has 2 rings (SSSR count). The van der Waals surface area contributed by atoms with Crippen LogP contribution in [0.1, 0.15) is 15.9 Å². The number of nitrogens with one attached hydrogen (secondary N) is 1. The molecule has 6 heteroatoms. The van der Waals surface area contributed by atoms with Crippen LogP contribution in [-0.4, -0.2) is 33.0 Å². The van der Waals surface area contributed by atoms with Crippen molar-refractivity contribution in [3.63, 3.8) is 0 Å². The first-order valence-electron chi connectivity index (χ1n) is 5.00. The summed E-state index contributed by atoms with van der Waals surface area (Å²) >= 11 is 3.29. The molecule has 1 amide bonds. The topological polar surface area (TPSA) is 61.9 Å². The zero-order chi connectivity index (χ0) is 12.3. The third kappa shape index (κ3) is 2.91. The zero-order valence-electron chi connectivity index (χ0n) is 9.22. The smallest absolute Gasteiger partial charge is 0.255 e. The number of carbonyl (C=O) groups is 1. The number of pyridine rings is 1. The van der Waals surface area contributed by atoms with Crippen LogP contribution in [-0.2, 0) is 6.54 Å². The summed E-state index contributed by atoms with van der Waals surface area (Å²) in [6, 6.07) is 1.75. The Balaban J connectivity index is 2.09. The molecule has 0 saturated heterocycles. The molecule has 0 aliphatic rings. The van der Waals surface area contributed by atoms with E-state index in [-0.39, 0.29) is 5.91 Å². The molecule has 0 aliphatic carbocycles. The lowest BCUT2D eigenvalue weighted by Crippen LogP contribution is -2.26. The molecule has 2 heterocycles. The van der Waals surface area contributed by atoms with E-state index < -0.39 is 0 Å². The second-order valence-electron chi connectivity index (χ2n) is 3.66. The monoisotopic (exact) mass is 294 g/mol. The molecule has 0 radical (unpaired) electrons. The van der Waals surface area contributed by atoms with Gasteiger partial charge in [-0.1, -0.05) is 0 Å². The highest BCUT2D eigenvalue weighted by Crippen LogP contribution is 2.12. The number of amides is 1. The number of nitrogens with zero attached hydrogens (tertiary/aromatic N) is 3. The van der Waals surface area contributed by atoms with Crippen LogP contribution < -0.4 is 0 Å². The van der Waals surface area contributed by atoms with Gasteiger partial charge < -0.3 is 4.90 Å². The van der Waals surface area contributed by atoms with Gasteiger partial charge in [0.05, 0.1) is 11.8 Å². The van der Waals surface area contributed by atoms with E-state index in [1.807, 2.05) is 0 Å². The van der Waals surface area contributed by atoms with Crippen LogP contribution in [0.3, 0.4) is 0 Å². The molecule has 0 bridgehead atoms. The van der Waals surface area contributed by atoms with E-state index in [2.05, 4.69) is 31.1 Å². The van der Waals surface area contributed by atoms with Gasteiger partial charge in [-0.25, -0.2) is 0 Å². The Morgan fingerprint density at radius 2 is 2.29 bits per heavy atom. The van der Waals surface area contributed by atoms with E-state index in [1.165, 1.54) is 0 Å². The summed E-state index contributed by atoms with van der Waals surface area (Å²) in [6.07, 6.45) is 6.66. The van der Waals surface area contributed by atoms with Gasteiger partial charge in [-0.2, -0.15) is 5.10 Å². The molecule has 0 atom stereocenters. The predicted octanol–water partition coefficient (Wildman–Crippen LogP) is 1.84. The standard InChI is InChI=1S/C11H11BrN4O/c1-16(7-8-3-14-15-4-8)11(17)9-2-10(12)6-13-5-9/h2-6H,7H2,1H3,(H,14,15). The number of aromatic nitrogens is 3. The predicted molar refractivity (Wildman–Crippen MR) is 66.3 cm³/mol. The van der Waals surface area contributed by atoms with Crippen molar-refractivity contribution in [2.75, 3.05) is 7.05 Å². The van der Waals surface area contributed by atoms with Gasteiger partial charge in [0.15, 0.2) is 0 Å². The van der Waals surface area contributed by atoms with Gasteiger partial charge in [0.2, 0.25) is 0 Å². The highest BCUT2D eigenvalue weighted by molar-refractivity contribution is 9.10. The summed E-state index contributed by atoms with van der Waals surface area (Å²) in [6.45, 7) is 0.516. The summed E-state index contributed by atoms with van der Waals surface area (Å²) in [5.74, 6) is -0.0694. The zero-order valence-corrected chi connectivity index (χ0v) is 10.8. The van der Waals surface area contributed by atoms with Crippen molar-refractivity contribution in [1.82, 2.24) is 20.1 Å². The number of aromatic amines is 1. The third-order valence-electron chi connectivity index (χ3n) is 2.27. The van der Waals surface area contributed by atoms with E-state index in [0.717, 1.165) is 10.0 Å². The minimum absolute atomic E-state index is 0.0694. The molecule has 2 aromatic rings. The van der Waals surface area contributed by atoms with E-state index in [0.29, 0.717) is 12.1 Å². The Bertz CT molecular complexity index is 512. The van der Waals surface area contributed by atoms with Crippen molar-refractivity contribution >= 4 is 21.8 Å². The normalized spacial score (nSPS) is 10.2. The van der Waals surface area contributed by atoms with Crippen LogP contribution in [0.5, 0.6) is 0 Å². The second-order valence-corrected chi connectivity index (χ2v) is 4.58. The van der Waals surface area contributed by atoms with E-state index in [9.17, 15) is 4.79 Å². The lowest BCUT2D eigenvalue weighted by molar-refractivity contribution is 0.0784. The van der Waals surface area contributed by atoms with Crippen LogP contribution in [0.25, 0.3) is 0 Å². The Morgan fingerprint density at radius 3 is 2.94 bits per heavy atom. The highest BCUT2D eigenvalue weighted by atomic mass is 79.9. The molecule has 1 N–H and O–H groups in total. The molecule has 0 saturated carbocycles. The van der Waals surface area contributed by atoms with Gasteiger partial charge in [-0.15, -0.1) is 0 Å². The van der Waals surface area contributed by atoms with Crippen molar-refractivity contribution in [3.8, 4) is 0 Å². The number of H-pyrrole nitrogens is 1. The molecule has 0 unspecified atom stereocenters. The van der Waals surface area contributed by atoms with Gasteiger partial charge in [-0.3, -0.25) is 14.9 Å². The van der Waals surface area contributed by atoms with Gasteiger partial charge in [0, 0.05) is 42.2 Å². The lowest BCUT2D eigenvalue weighted by Gasteiger charge is -2.15. The summed E-state index contributed by atoms with van der Waals surface area (Å²) in [5.41, 5.74) is 1.52. The largest absolute Gasteiger partial charge is 0.337 e. The first kappa shape index (κ1) is 11.8. The number of halogens is 1. The fourth-order valence-corrected chi connectivity index (χ4v) is 1.82. The summed E-state index contributed by atoms with van der Waals surface area (Å²) in [4.78, 5) is 17.6. The van der Waals surface area contributed by atoms with Crippen LogP contribution in [0.15, 0.2) is 35.3 Å². The van der Waals surface area contributed by atoms with Crippen LogP contribution in [0.2, 0.25) is 0 Å². The number of carbonyl (C=O) groups excluding carboxylic acids is 1. The summed E-state index contributed by atoms with van der Waals surface area (Å²) in [5, 5.41) is 6.55. The average Bonchev–Trinajstić information content (AvgIpc) is 2.80. The fraction of sp³-hybridized carbons (Fsp3) is 0.182. The molecular formula is C11H11BrN4O. The van der Waals surface area contributed by atoms with Gasteiger partial charge >= 0.3 is 0 Å². The second kappa shape index (κ2) is 5.09. The van der Waals surface area contributed by atoms with E-state index in [4.69, 9.17) is 0 Å². The van der Waals surface area contributed by atoms with Gasteiger partial charge in [0.1, 0.15) is 0 Å². The number of hydrogen-bond acceptors (Lipinski definition) is 3. The molecule has 0 spiro atoms. The van der Waals surface area contributed by atoms with Crippen LogP contribution in [0.4, 0.5) is 0 Å². The first-order chi connectivity index (χ1) is 8.16. The maximum absolute atomic E-state index is 12.1. The van der Waals surface area contributed by atoms with Crippen molar-refractivity contribution in [3.05, 3.63) is 46.5 Å². The quantitative estimate of drug-likeness (QED) is 0.940. The molecule has 2 aromatic heterocycles. The van der Waals surface area contributed by atoms with Crippen molar-refractivity contribution in [2.45, 2.75) is 6.54 Å². The summed E-state index contributed by atoms with van der Waals surface area (Å²) in [7, 11) is 1.75. The number of rotatable bonds is 3. The minimum Gasteiger partial charge on any atom is -0.337 e. The average molecular weight is 295 g/mol. The molecular weight excluding hydrogens is 284 g/mol. The number of hydrogen-bond donors (Lipinski definition) is 1. The molecule has 0 aliphatic heterocycles. The maximum atomic E-state index is 12.1. The van der Waals surface area contributed by atoms with E-state index >= 15 is 0 Å². The fourth-order valence-electron chi connectivity index (χ4n) is 1.46. The SMILES string of the molecule is CN(Cc1cn[nH]c1)C(=O)c1cncc(Br)c1. The molecule has 88 valence electrons. The lowest BCUT2D eigenvalue weighted by atomic mass is 10.2. The molecule has 0 fully saturated rings. The molecule has 5 nitrogen and oxygen atoms in total. The Morgan fingerprint density at radius 1 is 1.47 bits per heavy atom. The third-order valence-corrected chi connectivity index (χ3v) is 2.71. The molecule has 17 heavy (non-hydrogen) atoms. The van der Waals surface area contributed by atoms with Crippen LogP contribution >= 0.6 is 15.9 Å². The van der Waals surface area contributed by atoms with Gasteiger partial charge in [-0.05, 0) is 22.0 Å². The van der Waals surface area contributed by atoms with Crippen LogP contribution in [0, 0.1) is 0 Å². The first-order valence-corrected chi connectivity index (χ1v) is 5.80. The van der Waals surface area contributed by atoms with Crippen molar-refractivity contribution < 1.29 is 4.79 Å². The minimum atomic E-state index is -0.0694. The van der Waals surface area contributed by atoms with E-state index in [1.54, 1.807) is 42.8 Å². The Hall–Kier alpha value is -1.69.